The van der Waals surface area contributed by atoms with Crippen molar-refractivity contribution in [1.82, 2.24) is 14.9 Å². The molecule has 1 aromatic heterocycles. The molecule has 0 radical (unpaired) electrons. The Balaban J connectivity index is 1.35. The van der Waals surface area contributed by atoms with E-state index < -0.39 is 11.7 Å². The molecule has 0 aliphatic carbocycles. The Kier molecular flexibility index (Phi) is 7.94. The first-order chi connectivity index (χ1) is 17.1. The second kappa shape index (κ2) is 11.0. The second-order valence-corrected chi connectivity index (χ2v) is 9.85. The van der Waals surface area contributed by atoms with Crippen LogP contribution in [0.4, 0.5) is 18.9 Å². The number of hydrogen-bond donors (Lipinski definition) is 1. The number of aryl methyl sites for hydroxylation is 1. The van der Waals surface area contributed by atoms with E-state index in [1.807, 2.05) is 23.1 Å². The molecule has 0 spiro atoms. The van der Waals surface area contributed by atoms with Crippen molar-refractivity contribution in [3.05, 3.63) is 86.3 Å². The van der Waals surface area contributed by atoms with E-state index in [0.717, 1.165) is 17.7 Å². The van der Waals surface area contributed by atoms with Crippen molar-refractivity contribution >= 4 is 35.0 Å². The number of amides is 1. The molecule has 1 fully saturated rings. The highest BCUT2D eigenvalue weighted by Gasteiger charge is 2.31. The summed E-state index contributed by atoms with van der Waals surface area (Å²) in [6.45, 7) is 3.21. The molecule has 1 saturated heterocycles. The maximum absolute atomic E-state index is 13.0. The quantitative estimate of drug-likeness (QED) is 0.357. The van der Waals surface area contributed by atoms with Gasteiger partial charge in [-0.2, -0.15) is 13.2 Å². The average Bonchev–Trinajstić information content (AvgIpc) is 2.84. The smallest absolute Gasteiger partial charge is 0.368 e. The largest absolute Gasteiger partial charge is 0.416 e. The predicted octanol–water partition coefficient (Wildman–Crippen LogP) is 4.93. The van der Waals surface area contributed by atoms with Crippen LogP contribution < -0.4 is 10.5 Å². The average molecular weight is 537 g/mol. The number of hydrogen-bond acceptors (Lipinski definition) is 5. The van der Waals surface area contributed by atoms with Crippen LogP contribution in [0.2, 0.25) is 5.02 Å². The molecule has 1 N–H and O–H groups in total. The predicted molar refractivity (Wildman–Crippen MR) is 135 cm³/mol. The van der Waals surface area contributed by atoms with Gasteiger partial charge in [0.1, 0.15) is 0 Å². The normalized spacial score (nSPS) is 14.2. The van der Waals surface area contributed by atoms with E-state index in [-0.39, 0.29) is 17.9 Å². The molecular weight excluding hydrogens is 513 g/mol. The Hall–Kier alpha value is -2.98. The van der Waals surface area contributed by atoms with Crippen LogP contribution in [0.1, 0.15) is 22.4 Å². The van der Waals surface area contributed by atoms with Crippen LogP contribution in [0.15, 0.2) is 58.5 Å². The fourth-order valence-corrected chi connectivity index (χ4v) is 5.06. The summed E-state index contributed by atoms with van der Waals surface area (Å²) in [7, 11) is 0. The monoisotopic (exact) mass is 536 g/mol. The number of benzene rings is 2. The first-order valence-corrected chi connectivity index (χ1v) is 12.6. The number of nitrogens with one attached hydrogen (secondary N) is 1. The van der Waals surface area contributed by atoms with Crippen molar-refractivity contribution in [2.45, 2.75) is 30.4 Å². The van der Waals surface area contributed by atoms with Crippen molar-refractivity contribution < 1.29 is 18.0 Å². The molecule has 1 amide bonds. The number of piperazine rings is 1. The Morgan fingerprint density at radius 3 is 2.50 bits per heavy atom. The van der Waals surface area contributed by atoms with Crippen molar-refractivity contribution in [1.29, 1.82) is 0 Å². The summed E-state index contributed by atoms with van der Waals surface area (Å²) in [5, 5.41) is 1.10. The van der Waals surface area contributed by atoms with Crippen LogP contribution in [-0.4, -0.2) is 47.0 Å². The van der Waals surface area contributed by atoms with E-state index in [1.54, 1.807) is 24.0 Å². The number of carbonyl (C=O) groups is 1. The van der Waals surface area contributed by atoms with E-state index >= 15 is 0 Å². The minimum atomic E-state index is -4.41. The van der Waals surface area contributed by atoms with Gasteiger partial charge in [-0.1, -0.05) is 41.6 Å². The number of nitrogens with zero attached hydrogens (tertiary/aromatic N) is 3. The lowest BCUT2D eigenvalue weighted by Crippen LogP contribution is -2.49. The van der Waals surface area contributed by atoms with Gasteiger partial charge in [0.2, 0.25) is 5.91 Å². The summed E-state index contributed by atoms with van der Waals surface area (Å²) in [5.74, 6) is 0.366. The highest BCUT2D eigenvalue weighted by molar-refractivity contribution is 7.98. The van der Waals surface area contributed by atoms with Gasteiger partial charge < -0.3 is 14.8 Å². The molecule has 6 nitrogen and oxygen atoms in total. The van der Waals surface area contributed by atoms with Crippen LogP contribution in [-0.2, 0) is 23.1 Å². The molecule has 1 aliphatic rings. The third kappa shape index (κ3) is 6.41. The van der Waals surface area contributed by atoms with Crippen molar-refractivity contribution in [3.63, 3.8) is 0 Å². The van der Waals surface area contributed by atoms with Gasteiger partial charge in [-0.15, -0.1) is 0 Å². The SMILES string of the molecule is Cc1nc(SCc2cccc(Cl)c2)[nH]c(=O)c1CC(=O)N1CCN(c2cccc(C(F)(F)F)c2)CC1. The van der Waals surface area contributed by atoms with Crippen LogP contribution in [0.5, 0.6) is 0 Å². The molecular formula is C25H24ClF3N4O2S. The molecule has 1 aliphatic heterocycles. The Labute approximate surface area is 215 Å². The number of thioether (sulfide) groups is 1. The van der Waals surface area contributed by atoms with Crippen LogP contribution in [0.25, 0.3) is 0 Å². The van der Waals surface area contributed by atoms with E-state index in [9.17, 15) is 22.8 Å². The van der Waals surface area contributed by atoms with Crippen molar-refractivity contribution in [3.8, 4) is 0 Å². The van der Waals surface area contributed by atoms with Gasteiger partial charge >= 0.3 is 6.18 Å². The zero-order valence-corrected chi connectivity index (χ0v) is 21.0. The number of alkyl halides is 3. The minimum absolute atomic E-state index is 0.0863. The summed E-state index contributed by atoms with van der Waals surface area (Å²) in [4.78, 5) is 36.2. The van der Waals surface area contributed by atoms with Crippen LogP contribution >= 0.6 is 23.4 Å². The Morgan fingerprint density at radius 1 is 1.11 bits per heavy atom. The molecule has 190 valence electrons. The van der Waals surface area contributed by atoms with Gasteiger partial charge in [-0.3, -0.25) is 9.59 Å². The highest BCUT2D eigenvalue weighted by Crippen LogP contribution is 2.32. The summed E-state index contributed by atoms with van der Waals surface area (Å²) in [6.07, 6.45) is -4.49. The number of anilines is 1. The first kappa shape index (κ1) is 26.1. The molecule has 36 heavy (non-hydrogen) atoms. The molecule has 2 heterocycles. The molecule has 0 bridgehead atoms. The zero-order valence-electron chi connectivity index (χ0n) is 19.4. The maximum Gasteiger partial charge on any atom is 0.416 e. The molecule has 2 aromatic carbocycles. The Bertz CT molecular complexity index is 1310. The number of aromatic nitrogens is 2. The van der Waals surface area contributed by atoms with Crippen molar-refractivity contribution in [2.24, 2.45) is 0 Å². The standard InChI is InChI=1S/C25H24ClF3N4O2S/c1-16-21(23(35)31-24(30-16)36-15-17-4-2-6-19(26)12-17)14-22(34)33-10-8-32(9-11-33)20-7-3-5-18(13-20)25(27,28)29/h2-7,12-13H,8-11,14-15H2,1H3,(H,30,31,35). The van der Waals surface area contributed by atoms with Gasteiger partial charge in [0.15, 0.2) is 5.16 Å². The van der Waals surface area contributed by atoms with E-state index in [4.69, 9.17) is 11.6 Å². The van der Waals surface area contributed by atoms with Gasteiger partial charge in [-0.05, 0) is 42.8 Å². The number of aromatic amines is 1. The van der Waals surface area contributed by atoms with E-state index in [2.05, 4.69) is 9.97 Å². The van der Waals surface area contributed by atoms with Crippen molar-refractivity contribution in [2.75, 3.05) is 31.1 Å². The lowest BCUT2D eigenvalue weighted by atomic mass is 10.1. The number of rotatable bonds is 6. The summed E-state index contributed by atoms with van der Waals surface area (Å²) in [6, 6.07) is 12.6. The lowest BCUT2D eigenvalue weighted by Gasteiger charge is -2.36. The first-order valence-electron chi connectivity index (χ1n) is 11.3. The minimum Gasteiger partial charge on any atom is -0.368 e. The van der Waals surface area contributed by atoms with Gasteiger partial charge in [-0.25, -0.2) is 4.98 Å². The molecule has 4 rings (SSSR count). The molecule has 3 aromatic rings. The molecule has 11 heteroatoms. The summed E-state index contributed by atoms with van der Waals surface area (Å²) >= 11 is 7.38. The fourth-order valence-electron chi connectivity index (χ4n) is 4.00. The van der Waals surface area contributed by atoms with E-state index in [0.29, 0.717) is 59.1 Å². The molecule has 0 atom stereocenters. The topological polar surface area (TPSA) is 69.3 Å². The maximum atomic E-state index is 13.0. The second-order valence-electron chi connectivity index (χ2n) is 8.45. The van der Waals surface area contributed by atoms with Gasteiger partial charge in [0, 0.05) is 53.9 Å². The van der Waals surface area contributed by atoms with Crippen LogP contribution in [0.3, 0.4) is 0 Å². The number of H-pyrrole nitrogens is 1. The zero-order chi connectivity index (χ0) is 25.9. The number of carbonyl (C=O) groups excluding carboxylic acids is 1. The number of halogens is 4. The highest BCUT2D eigenvalue weighted by atomic mass is 35.5. The van der Waals surface area contributed by atoms with E-state index in [1.165, 1.54) is 17.8 Å². The third-order valence-corrected chi connectivity index (χ3v) is 7.14. The fraction of sp³-hybridized carbons (Fsp3) is 0.320. The molecule has 0 saturated carbocycles. The third-order valence-electron chi connectivity index (χ3n) is 5.96. The summed E-state index contributed by atoms with van der Waals surface area (Å²) in [5.41, 5.74) is 1.22. The molecule has 0 unspecified atom stereocenters. The Morgan fingerprint density at radius 2 is 1.83 bits per heavy atom. The van der Waals surface area contributed by atoms with Crippen LogP contribution in [0, 0.1) is 6.92 Å². The summed E-state index contributed by atoms with van der Waals surface area (Å²) < 4.78 is 39.1. The lowest BCUT2D eigenvalue weighted by molar-refractivity contribution is -0.137. The van der Waals surface area contributed by atoms with Gasteiger partial charge in [0.25, 0.3) is 5.56 Å². The van der Waals surface area contributed by atoms with Gasteiger partial charge in [0.05, 0.1) is 12.0 Å².